The minimum atomic E-state index is 0.634. The summed E-state index contributed by atoms with van der Waals surface area (Å²) in [6.45, 7) is 2.05. The number of hydrogen-bond acceptors (Lipinski definition) is 3. The zero-order valence-corrected chi connectivity index (χ0v) is 16.7. The predicted octanol–water partition coefficient (Wildman–Crippen LogP) is 5.89. The lowest BCUT2D eigenvalue weighted by Crippen LogP contribution is -2.01. The molecule has 0 saturated heterocycles. The number of para-hydroxylation sites is 1. The molecule has 0 N–H and O–H groups in total. The van der Waals surface area contributed by atoms with Crippen molar-refractivity contribution in [2.45, 2.75) is 6.92 Å². The molecule has 0 aliphatic rings. The molecule has 128 valence electrons. The number of halogens is 1. The normalized spacial score (nSPS) is 10.9. The number of rotatable bonds is 3. The summed E-state index contributed by atoms with van der Waals surface area (Å²) in [5.41, 5.74) is 5.98. The molecule has 0 saturated carbocycles. The number of nitrogens with zero attached hydrogens (tertiary/aromatic N) is 2. The third-order valence-corrected chi connectivity index (χ3v) is 5.48. The molecule has 4 aromatic rings. The van der Waals surface area contributed by atoms with E-state index in [1.807, 2.05) is 49.4 Å². The molecule has 0 radical (unpaired) electrons. The van der Waals surface area contributed by atoms with E-state index >= 15 is 0 Å². The molecule has 0 amide bonds. The summed E-state index contributed by atoms with van der Waals surface area (Å²) in [6, 6.07) is 22.6. The van der Waals surface area contributed by atoms with E-state index < -0.39 is 0 Å². The minimum Gasteiger partial charge on any atom is -0.481 e. The van der Waals surface area contributed by atoms with Crippen LogP contribution in [-0.4, -0.2) is 17.1 Å². The number of pyridine rings is 2. The van der Waals surface area contributed by atoms with Gasteiger partial charge >= 0.3 is 0 Å². The van der Waals surface area contributed by atoms with Crippen LogP contribution in [0.3, 0.4) is 0 Å². The molecule has 0 aliphatic heterocycles. The van der Waals surface area contributed by atoms with Gasteiger partial charge in [-0.25, -0.2) is 9.97 Å². The topological polar surface area (TPSA) is 35.0 Å². The van der Waals surface area contributed by atoms with Gasteiger partial charge in [0.05, 0.1) is 18.3 Å². The van der Waals surface area contributed by atoms with Crippen LogP contribution in [-0.2, 0) is 0 Å². The van der Waals surface area contributed by atoms with E-state index in [2.05, 4.69) is 46.9 Å². The molecule has 26 heavy (non-hydrogen) atoms. The zero-order valence-electron chi connectivity index (χ0n) is 14.5. The molecule has 4 rings (SSSR count). The van der Waals surface area contributed by atoms with Gasteiger partial charge < -0.3 is 4.74 Å². The van der Waals surface area contributed by atoms with Crippen LogP contribution in [0.5, 0.6) is 5.88 Å². The van der Waals surface area contributed by atoms with Gasteiger partial charge in [0.25, 0.3) is 0 Å². The molecule has 0 atom stereocenters. The quantitative estimate of drug-likeness (QED) is 0.364. The Labute approximate surface area is 166 Å². The highest BCUT2D eigenvalue weighted by Gasteiger charge is 2.19. The second-order valence-corrected chi connectivity index (χ2v) is 7.12. The molecule has 3 nitrogen and oxygen atoms in total. The fourth-order valence-corrected chi connectivity index (χ4v) is 4.25. The lowest BCUT2D eigenvalue weighted by atomic mass is 10.00. The van der Waals surface area contributed by atoms with Crippen LogP contribution in [0.15, 0.2) is 66.7 Å². The summed E-state index contributed by atoms with van der Waals surface area (Å²) in [6.07, 6.45) is 0. The van der Waals surface area contributed by atoms with Crippen LogP contribution in [0.2, 0.25) is 0 Å². The first-order valence-corrected chi connectivity index (χ1v) is 9.42. The molecule has 2 heterocycles. The van der Waals surface area contributed by atoms with Gasteiger partial charge in [0.2, 0.25) is 5.88 Å². The Morgan fingerprint density at radius 3 is 2.35 bits per heavy atom. The van der Waals surface area contributed by atoms with Gasteiger partial charge in [-0.05, 0) is 47.2 Å². The average Bonchev–Trinajstić information content (AvgIpc) is 2.69. The maximum absolute atomic E-state index is 5.57. The minimum absolute atomic E-state index is 0.634. The first-order chi connectivity index (χ1) is 12.7. The van der Waals surface area contributed by atoms with Gasteiger partial charge in [0, 0.05) is 20.1 Å². The van der Waals surface area contributed by atoms with Crippen LogP contribution in [0, 0.1) is 10.5 Å². The second-order valence-electron chi connectivity index (χ2n) is 6.04. The summed E-state index contributed by atoms with van der Waals surface area (Å²) < 4.78 is 6.65. The predicted molar refractivity (Wildman–Crippen MR) is 114 cm³/mol. The Morgan fingerprint density at radius 2 is 1.58 bits per heavy atom. The van der Waals surface area contributed by atoms with Gasteiger partial charge in [0.1, 0.15) is 5.69 Å². The summed E-state index contributed by atoms with van der Waals surface area (Å²) >= 11 is 2.37. The van der Waals surface area contributed by atoms with Crippen molar-refractivity contribution in [3.8, 4) is 28.4 Å². The Balaban J connectivity index is 1.98. The number of aromatic nitrogens is 2. The standard InChI is InChI=1S/C22H17IN2O/c1-14-19(16-9-4-3-5-10-16)20(23)21(25-22(14)26-2)18-13-12-15-8-6-7-11-17(15)24-18/h3-13H,1-2H3. The number of ether oxygens (including phenoxy) is 1. The van der Waals surface area contributed by atoms with Crippen LogP contribution in [0.4, 0.5) is 0 Å². The van der Waals surface area contributed by atoms with Crippen molar-refractivity contribution >= 4 is 33.5 Å². The summed E-state index contributed by atoms with van der Waals surface area (Å²) in [7, 11) is 1.66. The number of methoxy groups -OCH3 is 1. The fraction of sp³-hybridized carbons (Fsp3) is 0.0909. The van der Waals surface area contributed by atoms with E-state index in [4.69, 9.17) is 14.7 Å². The SMILES string of the molecule is COc1nc(-c2ccc3ccccc3n2)c(I)c(-c2ccccc2)c1C. The van der Waals surface area contributed by atoms with Gasteiger partial charge in [-0.1, -0.05) is 54.6 Å². The highest BCUT2D eigenvalue weighted by molar-refractivity contribution is 14.1. The summed E-state index contributed by atoms with van der Waals surface area (Å²) in [4.78, 5) is 9.58. The highest BCUT2D eigenvalue weighted by Crippen LogP contribution is 2.38. The van der Waals surface area contributed by atoms with Crippen molar-refractivity contribution in [1.82, 2.24) is 9.97 Å². The van der Waals surface area contributed by atoms with Crippen LogP contribution < -0.4 is 4.74 Å². The van der Waals surface area contributed by atoms with Gasteiger partial charge in [0.15, 0.2) is 0 Å². The van der Waals surface area contributed by atoms with E-state index in [0.29, 0.717) is 5.88 Å². The van der Waals surface area contributed by atoms with Crippen molar-refractivity contribution in [3.63, 3.8) is 0 Å². The van der Waals surface area contributed by atoms with Crippen LogP contribution in [0.25, 0.3) is 33.4 Å². The third kappa shape index (κ3) is 2.94. The molecule has 0 fully saturated rings. The first-order valence-electron chi connectivity index (χ1n) is 8.34. The lowest BCUT2D eigenvalue weighted by molar-refractivity contribution is 0.395. The summed E-state index contributed by atoms with van der Waals surface area (Å²) in [5, 5.41) is 1.12. The molecule has 0 bridgehead atoms. The van der Waals surface area contributed by atoms with Crippen LogP contribution in [0.1, 0.15) is 5.56 Å². The monoisotopic (exact) mass is 452 g/mol. The number of hydrogen-bond donors (Lipinski definition) is 0. The van der Waals surface area contributed by atoms with Crippen molar-refractivity contribution in [2.75, 3.05) is 7.11 Å². The maximum atomic E-state index is 5.57. The van der Waals surface area contributed by atoms with E-state index in [0.717, 1.165) is 42.6 Å². The molecule has 4 heteroatoms. The maximum Gasteiger partial charge on any atom is 0.217 e. The lowest BCUT2D eigenvalue weighted by Gasteiger charge is -2.16. The Kier molecular flexibility index (Phi) is 4.59. The summed E-state index contributed by atoms with van der Waals surface area (Å²) in [5.74, 6) is 0.634. The smallest absolute Gasteiger partial charge is 0.217 e. The molecular formula is C22H17IN2O. The number of fused-ring (bicyclic) bond motifs is 1. The molecule has 2 aromatic carbocycles. The average molecular weight is 452 g/mol. The molecule has 2 aromatic heterocycles. The Bertz CT molecular complexity index is 1090. The second kappa shape index (κ2) is 7.03. The van der Waals surface area contributed by atoms with Gasteiger partial charge in [-0.2, -0.15) is 0 Å². The van der Waals surface area contributed by atoms with E-state index in [9.17, 15) is 0 Å². The van der Waals surface area contributed by atoms with E-state index in [1.54, 1.807) is 7.11 Å². The highest BCUT2D eigenvalue weighted by atomic mass is 127. The van der Waals surface area contributed by atoms with E-state index in [1.165, 1.54) is 0 Å². The van der Waals surface area contributed by atoms with Crippen molar-refractivity contribution in [2.24, 2.45) is 0 Å². The first kappa shape index (κ1) is 17.0. The van der Waals surface area contributed by atoms with Crippen molar-refractivity contribution in [1.29, 1.82) is 0 Å². The van der Waals surface area contributed by atoms with Crippen molar-refractivity contribution < 1.29 is 4.74 Å². The Morgan fingerprint density at radius 1 is 0.846 bits per heavy atom. The Hall–Kier alpha value is -2.47. The molecular weight excluding hydrogens is 435 g/mol. The van der Waals surface area contributed by atoms with Gasteiger partial charge in [-0.3, -0.25) is 0 Å². The number of benzene rings is 2. The third-order valence-electron chi connectivity index (χ3n) is 4.43. The molecule has 0 spiro atoms. The van der Waals surface area contributed by atoms with Crippen molar-refractivity contribution in [3.05, 3.63) is 75.9 Å². The fourth-order valence-electron chi connectivity index (χ4n) is 3.14. The zero-order chi connectivity index (χ0) is 18.1. The van der Waals surface area contributed by atoms with Crippen LogP contribution >= 0.6 is 22.6 Å². The molecule has 0 aliphatic carbocycles. The molecule has 0 unspecified atom stereocenters. The van der Waals surface area contributed by atoms with E-state index in [-0.39, 0.29) is 0 Å². The largest absolute Gasteiger partial charge is 0.481 e. The van der Waals surface area contributed by atoms with Gasteiger partial charge in [-0.15, -0.1) is 0 Å².